The van der Waals surface area contributed by atoms with E-state index in [1.54, 1.807) is 18.2 Å². The smallest absolute Gasteiger partial charge is 0.165 e. The van der Waals surface area contributed by atoms with Gasteiger partial charge in [-0.3, -0.25) is 9.80 Å². The molecule has 0 bridgehead atoms. The van der Waals surface area contributed by atoms with Gasteiger partial charge in [0.25, 0.3) is 0 Å². The van der Waals surface area contributed by atoms with Crippen LogP contribution in [0.2, 0.25) is 0 Å². The maximum atomic E-state index is 13.5. The van der Waals surface area contributed by atoms with Gasteiger partial charge in [-0.05, 0) is 19.1 Å². The molecule has 0 amide bonds. The average molecular weight is 349 g/mol. The number of halogens is 1. The van der Waals surface area contributed by atoms with E-state index in [1.807, 2.05) is 13.0 Å². The lowest BCUT2D eigenvalue weighted by molar-refractivity contribution is 0.0434. The number of rotatable bonds is 7. The fourth-order valence-corrected chi connectivity index (χ4v) is 2.95. The molecule has 1 atom stereocenters. The van der Waals surface area contributed by atoms with Gasteiger partial charge in [0.1, 0.15) is 18.5 Å². The van der Waals surface area contributed by atoms with Gasteiger partial charge in [0, 0.05) is 45.3 Å². The van der Waals surface area contributed by atoms with E-state index in [0.29, 0.717) is 6.54 Å². The summed E-state index contributed by atoms with van der Waals surface area (Å²) < 4.78 is 23.9. The molecule has 1 aliphatic heterocycles. The molecule has 0 aliphatic carbocycles. The molecule has 1 fully saturated rings. The van der Waals surface area contributed by atoms with Gasteiger partial charge < -0.3 is 14.4 Å². The van der Waals surface area contributed by atoms with Crippen LogP contribution in [0.5, 0.6) is 5.75 Å². The largest absolute Gasteiger partial charge is 0.488 e. The topological polar surface area (TPSA) is 62.0 Å². The molecular formula is C18H24FN3O3. The zero-order chi connectivity index (χ0) is 17.6. The molecule has 7 heteroatoms. The fraction of sp³-hybridized carbons (Fsp3) is 0.500. The van der Waals surface area contributed by atoms with E-state index in [4.69, 9.17) is 9.26 Å². The van der Waals surface area contributed by atoms with E-state index in [-0.39, 0.29) is 12.4 Å². The Morgan fingerprint density at radius 2 is 1.96 bits per heavy atom. The number of aryl methyl sites for hydroxylation is 1. The van der Waals surface area contributed by atoms with E-state index in [1.165, 1.54) is 6.07 Å². The van der Waals surface area contributed by atoms with E-state index in [0.717, 1.165) is 44.2 Å². The normalized spacial score (nSPS) is 17.6. The highest BCUT2D eigenvalue weighted by Gasteiger charge is 2.20. The maximum absolute atomic E-state index is 13.5. The second-order valence-corrected chi connectivity index (χ2v) is 6.40. The SMILES string of the molecule is Cc1cc(CN2CCN(CC(O)COc3ccccc3F)CC2)no1. The molecule has 1 aromatic heterocycles. The molecule has 0 saturated carbocycles. The third-order valence-electron chi connectivity index (χ3n) is 4.26. The summed E-state index contributed by atoms with van der Waals surface area (Å²) in [7, 11) is 0. The highest BCUT2D eigenvalue weighted by molar-refractivity contribution is 5.23. The molecule has 2 aromatic rings. The van der Waals surface area contributed by atoms with Crippen LogP contribution in [0.3, 0.4) is 0 Å². The van der Waals surface area contributed by atoms with Crippen molar-refractivity contribution in [2.24, 2.45) is 0 Å². The molecule has 25 heavy (non-hydrogen) atoms. The van der Waals surface area contributed by atoms with Crippen molar-refractivity contribution in [1.82, 2.24) is 15.0 Å². The zero-order valence-corrected chi connectivity index (χ0v) is 14.4. The number of ether oxygens (including phenoxy) is 1. The van der Waals surface area contributed by atoms with Gasteiger partial charge in [-0.1, -0.05) is 17.3 Å². The molecule has 1 saturated heterocycles. The van der Waals surface area contributed by atoms with Gasteiger partial charge in [0.2, 0.25) is 0 Å². The molecule has 0 spiro atoms. The van der Waals surface area contributed by atoms with Crippen LogP contribution < -0.4 is 4.74 Å². The number of aliphatic hydroxyl groups is 1. The number of piperazine rings is 1. The number of β-amino-alcohol motifs (C(OH)–C–C–N with tert-alkyl or cyclic N) is 1. The van der Waals surface area contributed by atoms with Crippen LogP contribution in [0, 0.1) is 12.7 Å². The van der Waals surface area contributed by atoms with Crippen LogP contribution in [0.1, 0.15) is 11.5 Å². The first kappa shape index (κ1) is 17.8. The molecule has 1 N–H and O–H groups in total. The van der Waals surface area contributed by atoms with Crippen molar-refractivity contribution in [3.63, 3.8) is 0 Å². The van der Waals surface area contributed by atoms with Crippen LogP contribution in [-0.2, 0) is 6.54 Å². The van der Waals surface area contributed by atoms with Gasteiger partial charge >= 0.3 is 0 Å². The van der Waals surface area contributed by atoms with Gasteiger partial charge in [-0.25, -0.2) is 4.39 Å². The second kappa shape index (κ2) is 8.42. The minimum absolute atomic E-state index is 0.0827. The van der Waals surface area contributed by atoms with E-state index >= 15 is 0 Å². The summed E-state index contributed by atoms with van der Waals surface area (Å²) in [5, 5.41) is 14.2. The Morgan fingerprint density at radius 1 is 1.24 bits per heavy atom. The summed E-state index contributed by atoms with van der Waals surface area (Å²) in [6, 6.07) is 8.18. The van der Waals surface area contributed by atoms with Crippen molar-refractivity contribution < 1.29 is 18.8 Å². The molecule has 1 aliphatic rings. The summed E-state index contributed by atoms with van der Waals surface area (Å²) in [6.07, 6.45) is -0.649. The molecule has 136 valence electrons. The number of nitrogens with zero attached hydrogens (tertiary/aromatic N) is 3. The van der Waals surface area contributed by atoms with E-state index in [2.05, 4.69) is 15.0 Å². The highest BCUT2D eigenvalue weighted by atomic mass is 19.1. The number of aromatic nitrogens is 1. The van der Waals surface area contributed by atoms with Crippen LogP contribution in [0.25, 0.3) is 0 Å². The Hall–Kier alpha value is -1.96. The van der Waals surface area contributed by atoms with E-state index < -0.39 is 11.9 Å². The Balaban J connectivity index is 1.37. The van der Waals surface area contributed by atoms with Gasteiger partial charge in [0.05, 0.1) is 5.69 Å². The molecular weight excluding hydrogens is 325 g/mol. The Kier molecular flexibility index (Phi) is 6.01. The minimum atomic E-state index is -0.649. The van der Waals surface area contributed by atoms with Gasteiger partial charge in [0.15, 0.2) is 11.6 Å². The first-order chi connectivity index (χ1) is 12.1. The molecule has 6 nitrogen and oxygen atoms in total. The molecule has 0 radical (unpaired) electrons. The molecule has 2 heterocycles. The van der Waals surface area contributed by atoms with Crippen LogP contribution in [0.4, 0.5) is 4.39 Å². The van der Waals surface area contributed by atoms with Crippen molar-refractivity contribution in [3.8, 4) is 5.75 Å². The Labute approximate surface area is 146 Å². The average Bonchev–Trinajstić information content (AvgIpc) is 3.01. The lowest BCUT2D eigenvalue weighted by Crippen LogP contribution is -2.48. The quantitative estimate of drug-likeness (QED) is 0.821. The Bertz CT molecular complexity index is 671. The summed E-state index contributed by atoms with van der Waals surface area (Å²) in [4.78, 5) is 4.51. The number of hydrogen-bond acceptors (Lipinski definition) is 6. The second-order valence-electron chi connectivity index (χ2n) is 6.40. The number of hydrogen-bond donors (Lipinski definition) is 1. The zero-order valence-electron chi connectivity index (χ0n) is 14.4. The van der Waals surface area contributed by atoms with Crippen LogP contribution in [-0.4, -0.2) is 65.5 Å². The number of benzene rings is 1. The molecule has 3 rings (SSSR count). The summed E-state index contributed by atoms with van der Waals surface area (Å²) >= 11 is 0. The van der Waals surface area contributed by atoms with E-state index in [9.17, 15) is 9.50 Å². The summed E-state index contributed by atoms with van der Waals surface area (Å²) in [5.74, 6) is 0.590. The Morgan fingerprint density at radius 3 is 2.64 bits per heavy atom. The monoisotopic (exact) mass is 349 g/mol. The van der Waals surface area contributed by atoms with Gasteiger partial charge in [-0.2, -0.15) is 0 Å². The lowest BCUT2D eigenvalue weighted by atomic mass is 10.2. The lowest BCUT2D eigenvalue weighted by Gasteiger charge is -2.35. The number of aliphatic hydroxyl groups excluding tert-OH is 1. The van der Waals surface area contributed by atoms with Crippen LogP contribution >= 0.6 is 0 Å². The van der Waals surface area contributed by atoms with Crippen molar-refractivity contribution in [3.05, 3.63) is 47.6 Å². The van der Waals surface area contributed by atoms with Crippen molar-refractivity contribution in [2.75, 3.05) is 39.3 Å². The number of para-hydroxylation sites is 1. The summed E-state index contributed by atoms with van der Waals surface area (Å²) in [5.41, 5.74) is 0.948. The van der Waals surface area contributed by atoms with Gasteiger partial charge in [-0.15, -0.1) is 0 Å². The third-order valence-corrected chi connectivity index (χ3v) is 4.26. The maximum Gasteiger partial charge on any atom is 0.165 e. The van der Waals surface area contributed by atoms with Crippen molar-refractivity contribution >= 4 is 0 Å². The standard InChI is InChI=1S/C18H24FN3O3/c1-14-10-15(20-25-14)11-21-6-8-22(9-7-21)12-16(23)13-24-18-5-3-2-4-17(18)19/h2-5,10,16,23H,6-9,11-13H2,1H3. The predicted molar refractivity (Wildman–Crippen MR) is 90.9 cm³/mol. The van der Waals surface area contributed by atoms with Crippen molar-refractivity contribution in [1.29, 1.82) is 0 Å². The highest BCUT2D eigenvalue weighted by Crippen LogP contribution is 2.16. The minimum Gasteiger partial charge on any atom is -0.488 e. The molecule has 1 aromatic carbocycles. The molecule has 1 unspecified atom stereocenters. The first-order valence-corrected chi connectivity index (χ1v) is 8.52. The first-order valence-electron chi connectivity index (χ1n) is 8.52. The van der Waals surface area contributed by atoms with Crippen LogP contribution in [0.15, 0.2) is 34.9 Å². The third kappa shape index (κ3) is 5.26. The summed E-state index contributed by atoms with van der Waals surface area (Å²) in [6.45, 7) is 6.83. The fourth-order valence-electron chi connectivity index (χ4n) is 2.95. The predicted octanol–water partition coefficient (Wildman–Crippen LogP) is 1.68. The van der Waals surface area contributed by atoms with Crippen molar-refractivity contribution in [2.45, 2.75) is 19.6 Å².